The fourth-order valence-electron chi connectivity index (χ4n) is 9.09. The zero-order valence-electron chi connectivity index (χ0n) is 35.3. The summed E-state index contributed by atoms with van der Waals surface area (Å²) in [6.45, 7) is 13.2. The molecule has 4 heterocycles. The molecule has 0 amide bonds. The van der Waals surface area contributed by atoms with Crippen LogP contribution in [0, 0.1) is 53.7 Å². The SMILES string of the molecule is Cc1cc(C)c(-c2c[c-]c3c(c2)N(C)c2cc(-c4c(C)cc(C)cc4C)ccc2[C@]3(c2ccccn2)c2cccc(-c3[c-]cccc3)n2)c(C)c1.O=C(O)c1ccccn1.[Ir]. The van der Waals surface area contributed by atoms with E-state index < -0.39 is 11.4 Å². The third-order valence-electron chi connectivity index (χ3n) is 11.4. The van der Waals surface area contributed by atoms with Crippen LogP contribution in [0.15, 0.2) is 146 Å². The second kappa shape index (κ2) is 17.6. The number of aromatic carboxylic acids is 1. The molecule has 5 aromatic carbocycles. The molecule has 1 N–H and O–H groups in total. The maximum Gasteiger partial charge on any atom is 0.354 e. The number of hydrogen-bond donors (Lipinski definition) is 1. The van der Waals surface area contributed by atoms with Gasteiger partial charge in [-0.3, -0.25) is 9.97 Å². The molecule has 0 spiro atoms. The Kier molecular flexibility index (Phi) is 12.3. The average Bonchev–Trinajstić information content (AvgIpc) is 3.25. The standard InChI is InChI=1S/C48H41N3.C6H5NO2.Ir/c1-30-24-32(3)46(33(4)25-30)37-19-21-39-42(28-37)51(7)43-29-38(47-34(5)26-31(2)27-35(47)6)20-22-40(43)48(39,44-17-11-12-23-49-44)45-18-13-16-41(50-45)36-14-9-8-10-15-36;8-6(9)5-3-1-2-4-7-5;/h8-14,16-21,23-29H,1-7H3;1-4H,(H,8,9);/q-2;;/t48-;;/m0../s1. The fourth-order valence-corrected chi connectivity index (χ4v) is 9.09. The first-order chi connectivity index (χ1) is 29.0. The molecular weight excluding hydrogens is 929 g/mol. The van der Waals surface area contributed by atoms with Crippen LogP contribution < -0.4 is 4.90 Å². The Bertz CT molecular complexity index is 2720. The average molecular weight is 975 g/mol. The van der Waals surface area contributed by atoms with Gasteiger partial charge in [-0.1, -0.05) is 94.2 Å². The minimum atomic E-state index is -0.990. The Balaban J connectivity index is 0.000000500. The maximum absolute atomic E-state index is 10.1. The van der Waals surface area contributed by atoms with Gasteiger partial charge < -0.3 is 10.0 Å². The van der Waals surface area contributed by atoms with E-state index in [0.29, 0.717) is 0 Å². The number of aromatic nitrogens is 3. The number of carbonyl (C=O) groups is 1. The van der Waals surface area contributed by atoms with Gasteiger partial charge in [-0.05, 0) is 118 Å². The predicted octanol–water partition coefficient (Wildman–Crippen LogP) is 12.2. The molecule has 0 unspecified atom stereocenters. The summed E-state index contributed by atoms with van der Waals surface area (Å²) in [6.07, 6.45) is 3.34. The number of nitrogens with zero attached hydrogens (tertiary/aromatic N) is 4. The number of pyridine rings is 3. The Labute approximate surface area is 372 Å². The van der Waals surface area contributed by atoms with Gasteiger partial charge in [0.15, 0.2) is 0 Å². The van der Waals surface area contributed by atoms with Gasteiger partial charge in [-0.2, -0.15) is 12.1 Å². The summed E-state index contributed by atoms with van der Waals surface area (Å²) in [4.78, 5) is 26.7. The van der Waals surface area contributed by atoms with Crippen LogP contribution in [0.25, 0.3) is 33.5 Å². The van der Waals surface area contributed by atoms with Gasteiger partial charge in [0.25, 0.3) is 0 Å². The third kappa shape index (κ3) is 7.95. The summed E-state index contributed by atoms with van der Waals surface area (Å²) in [6, 6.07) is 53.2. The van der Waals surface area contributed by atoms with E-state index in [2.05, 4.69) is 162 Å². The Morgan fingerprint density at radius 3 is 1.80 bits per heavy atom. The molecule has 1 aliphatic rings. The molecule has 0 bridgehead atoms. The number of carboxylic acid groups (broad SMARTS) is 1. The maximum atomic E-state index is 10.1. The normalized spacial score (nSPS) is 13.9. The van der Waals surface area contributed by atoms with Crippen molar-refractivity contribution in [2.24, 2.45) is 0 Å². The fraction of sp³-hybridized carbons (Fsp3) is 0.148. The van der Waals surface area contributed by atoms with Crippen molar-refractivity contribution in [3.63, 3.8) is 0 Å². The number of hydrogen-bond acceptors (Lipinski definition) is 5. The Hall–Kier alpha value is -6.53. The molecule has 61 heavy (non-hydrogen) atoms. The molecule has 0 saturated carbocycles. The van der Waals surface area contributed by atoms with Gasteiger partial charge in [0.05, 0.1) is 11.1 Å². The van der Waals surface area contributed by atoms with Crippen LogP contribution in [0.5, 0.6) is 0 Å². The smallest absolute Gasteiger partial charge is 0.354 e. The number of fused-ring (bicyclic) bond motifs is 2. The molecule has 0 saturated heterocycles. The van der Waals surface area contributed by atoms with Crippen LogP contribution in [0.4, 0.5) is 11.4 Å². The van der Waals surface area contributed by atoms with E-state index in [4.69, 9.17) is 15.1 Å². The number of anilines is 2. The molecule has 7 heteroatoms. The van der Waals surface area contributed by atoms with Crippen molar-refractivity contribution < 1.29 is 30.0 Å². The van der Waals surface area contributed by atoms with Gasteiger partial charge in [-0.15, -0.1) is 53.1 Å². The monoisotopic (exact) mass is 975 g/mol. The molecule has 1 atom stereocenters. The predicted molar refractivity (Wildman–Crippen MR) is 242 cm³/mol. The van der Waals surface area contributed by atoms with Crippen molar-refractivity contribution >= 4 is 17.3 Å². The van der Waals surface area contributed by atoms with E-state index in [9.17, 15) is 4.79 Å². The first-order valence-electron chi connectivity index (χ1n) is 20.1. The van der Waals surface area contributed by atoms with Crippen LogP contribution in [-0.2, 0) is 25.5 Å². The van der Waals surface area contributed by atoms with E-state index in [0.717, 1.165) is 50.7 Å². The Morgan fingerprint density at radius 2 is 1.23 bits per heavy atom. The summed E-state index contributed by atoms with van der Waals surface area (Å²) in [5, 5.41) is 8.32. The molecule has 0 fully saturated rings. The summed E-state index contributed by atoms with van der Waals surface area (Å²) < 4.78 is 0. The van der Waals surface area contributed by atoms with Crippen molar-refractivity contribution in [3.05, 3.63) is 220 Å². The van der Waals surface area contributed by atoms with Crippen molar-refractivity contribution in [1.82, 2.24) is 15.0 Å². The van der Waals surface area contributed by atoms with Crippen molar-refractivity contribution in [3.8, 4) is 33.5 Å². The van der Waals surface area contributed by atoms with Gasteiger partial charge in [0.1, 0.15) is 5.69 Å². The van der Waals surface area contributed by atoms with Gasteiger partial charge in [-0.25, -0.2) is 9.78 Å². The van der Waals surface area contributed by atoms with Crippen LogP contribution in [0.3, 0.4) is 0 Å². The minimum Gasteiger partial charge on any atom is -0.477 e. The minimum absolute atomic E-state index is 0. The zero-order valence-corrected chi connectivity index (χ0v) is 37.7. The van der Waals surface area contributed by atoms with Gasteiger partial charge in [0.2, 0.25) is 0 Å². The molecule has 8 aromatic rings. The van der Waals surface area contributed by atoms with Crippen molar-refractivity contribution in [1.29, 1.82) is 0 Å². The van der Waals surface area contributed by atoms with E-state index in [1.165, 1.54) is 62.3 Å². The molecule has 305 valence electrons. The van der Waals surface area contributed by atoms with Crippen molar-refractivity contribution in [2.45, 2.75) is 47.0 Å². The van der Waals surface area contributed by atoms with E-state index >= 15 is 0 Å². The molecule has 1 aliphatic heterocycles. The quantitative estimate of drug-likeness (QED) is 0.167. The second-order valence-corrected chi connectivity index (χ2v) is 15.7. The van der Waals surface area contributed by atoms with Crippen LogP contribution >= 0.6 is 0 Å². The molecule has 3 aromatic heterocycles. The number of benzene rings is 5. The van der Waals surface area contributed by atoms with E-state index in [1.807, 2.05) is 30.5 Å². The van der Waals surface area contributed by atoms with Gasteiger partial charge in [0, 0.05) is 43.9 Å². The first-order valence-corrected chi connectivity index (χ1v) is 20.1. The molecular formula is C54H46IrN4O2-2. The summed E-state index contributed by atoms with van der Waals surface area (Å²) in [5.41, 5.74) is 19.7. The summed E-state index contributed by atoms with van der Waals surface area (Å²) >= 11 is 0. The topological polar surface area (TPSA) is 79.2 Å². The van der Waals surface area contributed by atoms with Gasteiger partial charge >= 0.3 is 5.97 Å². The number of carboxylic acids is 1. The second-order valence-electron chi connectivity index (χ2n) is 15.7. The third-order valence-corrected chi connectivity index (χ3v) is 11.4. The number of rotatable bonds is 6. The summed E-state index contributed by atoms with van der Waals surface area (Å²) in [7, 11) is 2.19. The Morgan fingerprint density at radius 1 is 0.623 bits per heavy atom. The first kappa shape index (κ1) is 42.6. The van der Waals surface area contributed by atoms with Crippen LogP contribution in [0.2, 0.25) is 0 Å². The molecule has 1 radical (unpaired) electrons. The van der Waals surface area contributed by atoms with Crippen molar-refractivity contribution in [2.75, 3.05) is 11.9 Å². The van der Waals surface area contributed by atoms with Crippen LogP contribution in [0.1, 0.15) is 66.4 Å². The number of aryl methyl sites for hydroxylation is 6. The largest absolute Gasteiger partial charge is 0.477 e. The summed E-state index contributed by atoms with van der Waals surface area (Å²) in [5.74, 6) is -0.990. The van der Waals surface area contributed by atoms with E-state index in [-0.39, 0.29) is 25.8 Å². The zero-order chi connectivity index (χ0) is 42.1. The molecule has 0 aliphatic carbocycles. The molecule has 9 rings (SSSR count). The molecule has 6 nitrogen and oxygen atoms in total. The van der Waals surface area contributed by atoms with Crippen LogP contribution in [-0.4, -0.2) is 33.1 Å². The van der Waals surface area contributed by atoms with E-state index in [1.54, 1.807) is 12.1 Å².